The van der Waals surface area contributed by atoms with E-state index in [1.165, 1.54) is 10.5 Å². The highest BCUT2D eigenvalue weighted by molar-refractivity contribution is 6.30. The van der Waals surface area contributed by atoms with E-state index in [1.54, 1.807) is 9.80 Å². The Bertz CT molecular complexity index is 1020. The Morgan fingerprint density at radius 3 is 2.35 bits per heavy atom. The van der Waals surface area contributed by atoms with Crippen LogP contribution in [0.1, 0.15) is 44.1 Å². The molecule has 1 N–H and O–H groups in total. The van der Waals surface area contributed by atoms with E-state index in [9.17, 15) is 19.2 Å². The van der Waals surface area contributed by atoms with Gasteiger partial charge in [-0.1, -0.05) is 28.8 Å². The van der Waals surface area contributed by atoms with Crippen molar-refractivity contribution < 1.29 is 24.0 Å². The molecule has 11 heteroatoms. The molecule has 4 aliphatic rings. The Hall–Kier alpha value is -2.85. The zero-order valence-electron chi connectivity index (χ0n) is 20.9. The number of aryl methyl sites for hydroxylation is 1. The molecular formula is C26H34ClN5O5. The van der Waals surface area contributed by atoms with Gasteiger partial charge in [0.15, 0.2) is 0 Å². The number of carbonyl (C=O) groups excluding carboxylic acids is 4. The Kier molecular flexibility index (Phi) is 7.85. The molecule has 4 saturated heterocycles. The van der Waals surface area contributed by atoms with Gasteiger partial charge in [0, 0.05) is 44.3 Å². The molecule has 0 aliphatic carbocycles. The normalized spacial score (nSPS) is 24.9. The van der Waals surface area contributed by atoms with Gasteiger partial charge in [0.25, 0.3) is 5.91 Å². The van der Waals surface area contributed by atoms with Gasteiger partial charge in [-0.15, -0.1) is 0 Å². The number of urea groups is 1. The lowest BCUT2D eigenvalue weighted by atomic mass is 9.91. The molecule has 2 atom stereocenters. The number of hydrogen-bond donors (Lipinski definition) is 1. The average molecular weight is 532 g/mol. The summed E-state index contributed by atoms with van der Waals surface area (Å²) in [5.41, 5.74) is 1.24. The molecule has 5 rings (SSSR count). The van der Waals surface area contributed by atoms with Gasteiger partial charge in [0.1, 0.15) is 12.1 Å². The highest BCUT2D eigenvalue weighted by Crippen LogP contribution is 2.27. The quantitative estimate of drug-likeness (QED) is 0.586. The van der Waals surface area contributed by atoms with Gasteiger partial charge in [-0.25, -0.2) is 9.59 Å². The molecule has 2 unspecified atom stereocenters. The van der Waals surface area contributed by atoms with Gasteiger partial charge in [-0.05, 0) is 68.6 Å². The lowest BCUT2D eigenvalue weighted by Gasteiger charge is -2.38. The zero-order chi connectivity index (χ0) is 25.9. The van der Waals surface area contributed by atoms with Crippen LogP contribution in [0.2, 0.25) is 5.02 Å². The molecular weight excluding hydrogens is 498 g/mol. The van der Waals surface area contributed by atoms with Gasteiger partial charge in [0.05, 0.1) is 0 Å². The standard InChI is InChI=1S/C26H34ClN5O5/c27-20-8-6-18(7-9-20)4-5-19-10-14-30(15-11-19)26(36)37-32-24(34)22-17-28-16-21(31(22)25(32)35)23(33)29-12-2-1-3-13-29/h6-9,19,21-22,28H,1-5,10-17H2. The molecule has 0 bridgehead atoms. The largest absolute Gasteiger partial charge is 0.434 e. The molecule has 0 saturated carbocycles. The molecule has 1 aromatic carbocycles. The maximum absolute atomic E-state index is 13.2. The maximum Gasteiger partial charge on any atom is 0.434 e. The molecule has 4 heterocycles. The first kappa shape index (κ1) is 25.8. The lowest BCUT2D eigenvalue weighted by molar-refractivity contribution is -0.152. The molecule has 10 nitrogen and oxygen atoms in total. The summed E-state index contributed by atoms with van der Waals surface area (Å²) >= 11 is 5.96. The minimum atomic E-state index is -0.855. The smallest absolute Gasteiger partial charge is 0.341 e. The predicted molar refractivity (Wildman–Crippen MR) is 136 cm³/mol. The minimum absolute atomic E-state index is 0.160. The number of likely N-dealkylation sites (tertiary alicyclic amines) is 2. The Balaban J connectivity index is 1.14. The number of benzene rings is 1. The number of nitrogens with one attached hydrogen (secondary N) is 1. The number of fused-ring (bicyclic) bond motifs is 1. The number of piperazine rings is 1. The summed E-state index contributed by atoms with van der Waals surface area (Å²) in [5.74, 6) is -0.289. The third-order valence-corrected chi connectivity index (χ3v) is 8.23. The number of rotatable bonds is 5. The van der Waals surface area contributed by atoms with Crippen molar-refractivity contribution in [3.05, 3.63) is 34.9 Å². The molecule has 4 aliphatic heterocycles. The van der Waals surface area contributed by atoms with E-state index >= 15 is 0 Å². The van der Waals surface area contributed by atoms with Crippen molar-refractivity contribution >= 4 is 35.5 Å². The summed E-state index contributed by atoms with van der Waals surface area (Å²) in [6.07, 6.45) is 5.87. The van der Waals surface area contributed by atoms with Crippen LogP contribution < -0.4 is 5.32 Å². The Morgan fingerprint density at radius 2 is 1.65 bits per heavy atom. The fraction of sp³-hybridized carbons (Fsp3) is 0.615. The van der Waals surface area contributed by atoms with Gasteiger partial charge in [-0.3, -0.25) is 14.5 Å². The predicted octanol–water partition coefficient (Wildman–Crippen LogP) is 2.65. The molecule has 5 amide bonds. The van der Waals surface area contributed by atoms with Gasteiger partial charge in [-0.2, -0.15) is 0 Å². The summed E-state index contributed by atoms with van der Waals surface area (Å²) in [5, 5.41) is 4.38. The number of piperidine rings is 2. The first-order valence-corrected chi connectivity index (χ1v) is 13.7. The van der Waals surface area contributed by atoms with Crippen LogP contribution in [-0.4, -0.2) is 95.1 Å². The molecule has 0 spiro atoms. The SMILES string of the molecule is O=C(ON1C(=O)C2CNCC(C(=O)N3CCCCC3)N2C1=O)N1CCC(CCc2ccc(Cl)cc2)CC1. The fourth-order valence-electron chi connectivity index (χ4n) is 5.76. The van der Waals surface area contributed by atoms with Gasteiger partial charge >= 0.3 is 12.1 Å². The monoisotopic (exact) mass is 531 g/mol. The second kappa shape index (κ2) is 11.3. The zero-order valence-corrected chi connectivity index (χ0v) is 21.7. The van der Waals surface area contributed by atoms with Crippen molar-refractivity contribution in [3.8, 4) is 0 Å². The van der Waals surface area contributed by atoms with Crippen LogP contribution in [-0.2, 0) is 20.8 Å². The Labute approximate surface area is 221 Å². The summed E-state index contributed by atoms with van der Waals surface area (Å²) in [4.78, 5) is 62.2. The topological polar surface area (TPSA) is 102 Å². The molecule has 0 radical (unpaired) electrons. The van der Waals surface area contributed by atoms with Crippen molar-refractivity contribution in [2.24, 2.45) is 5.92 Å². The third-order valence-electron chi connectivity index (χ3n) is 7.98. The van der Waals surface area contributed by atoms with Crippen molar-refractivity contribution in [2.75, 3.05) is 39.3 Å². The maximum atomic E-state index is 13.2. The summed E-state index contributed by atoms with van der Waals surface area (Å²) in [7, 11) is 0. The summed E-state index contributed by atoms with van der Waals surface area (Å²) in [6, 6.07) is 5.48. The van der Waals surface area contributed by atoms with E-state index < -0.39 is 30.1 Å². The number of carbonyl (C=O) groups is 4. The van der Waals surface area contributed by atoms with Crippen LogP contribution in [0.5, 0.6) is 0 Å². The van der Waals surface area contributed by atoms with Crippen LogP contribution in [0.25, 0.3) is 0 Å². The highest BCUT2D eigenvalue weighted by atomic mass is 35.5. The fourth-order valence-corrected chi connectivity index (χ4v) is 5.88. The number of imide groups is 1. The molecule has 37 heavy (non-hydrogen) atoms. The van der Waals surface area contributed by atoms with E-state index in [2.05, 4.69) is 5.32 Å². The number of nitrogens with zero attached hydrogens (tertiary/aromatic N) is 4. The second-order valence-electron chi connectivity index (χ2n) is 10.4. The molecule has 4 fully saturated rings. The van der Waals surface area contributed by atoms with Crippen molar-refractivity contribution in [1.82, 2.24) is 25.1 Å². The highest BCUT2D eigenvalue weighted by Gasteiger charge is 2.54. The number of halogens is 1. The van der Waals surface area contributed by atoms with Crippen LogP contribution in [0.15, 0.2) is 24.3 Å². The Morgan fingerprint density at radius 1 is 0.946 bits per heavy atom. The minimum Gasteiger partial charge on any atom is -0.341 e. The summed E-state index contributed by atoms with van der Waals surface area (Å²) in [6.45, 7) is 2.82. The number of hydrogen-bond acceptors (Lipinski definition) is 6. The van der Waals surface area contributed by atoms with E-state index in [0.29, 0.717) is 37.2 Å². The van der Waals surface area contributed by atoms with E-state index in [4.69, 9.17) is 16.4 Å². The van der Waals surface area contributed by atoms with Gasteiger partial charge < -0.3 is 20.0 Å². The molecule has 1 aromatic rings. The van der Waals surface area contributed by atoms with Crippen LogP contribution in [0.3, 0.4) is 0 Å². The first-order valence-electron chi connectivity index (χ1n) is 13.3. The lowest BCUT2D eigenvalue weighted by Crippen LogP contribution is -2.63. The summed E-state index contributed by atoms with van der Waals surface area (Å²) < 4.78 is 0. The van der Waals surface area contributed by atoms with Crippen LogP contribution in [0, 0.1) is 5.92 Å². The second-order valence-corrected chi connectivity index (χ2v) is 10.8. The third kappa shape index (κ3) is 5.55. The number of hydroxylamine groups is 2. The van der Waals surface area contributed by atoms with Crippen molar-refractivity contribution in [2.45, 2.75) is 57.0 Å². The number of amides is 5. The van der Waals surface area contributed by atoms with Gasteiger partial charge in [0.2, 0.25) is 5.91 Å². The van der Waals surface area contributed by atoms with E-state index in [-0.39, 0.29) is 19.0 Å². The van der Waals surface area contributed by atoms with E-state index in [1.807, 2.05) is 24.3 Å². The average Bonchev–Trinajstić information content (AvgIpc) is 3.18. The van der Waals surface area contributed by atoms with E-state index in [0.717, 1.165) is 50.0 Å². The first-order chi connectivity index (χ1) is 17.9. The van der Waals surface area contributed by atoms with Crippen LogP contribution >= 0.6 is 11.6 Å². The van der Waals surface area contributed by atoms with Crippen molar-refractivity contribution in [3.63, 3.8) is 0 Å². The molecule has 0 aromatic heterocycles. The molecule has 200 valence electrons. The van der Waals surface area contributed by atoms with Crippen molar-refractivity contribution in [1.29, 1.82) is 0 Å². The van der Waals surface area contributed by atoms with Crippen LogP contribution in [0.4, 0.5) is 9.59 Å².